The largest absolute Gasteiger partial charge is 0.453 e. The Bertz CT molecular complexity index is 648. The maximum atomic E-state index is 12.3. The van der Waals surface area contributed by atoms with Crippen LogP contribution in [0.2, 0.25) is 0 Å². The molecule has 1 aromatic rings. The first-order valence-electron chi connectivity index (χ1n) is 7.40. The third-order valence-electron chi connectivity index (χ3n) is 2.97. The summed E-state index contributed by atoms with van der Waals surface area (Å²) in [6, 6.07) is 0. The summed E-state index contributed by atoms with van der Waals surface area (Å²) in [6.45, 7) is 8.84. The number of carbonyl (C=O) groups excluding carboxylic acids is 2. The maximum absolute atomic E-state index is 12.3. The molecule has 1 rings (SSSR count). The Balaban J connectivity index is 2.74. The fourth-order valence-corrected chi connectivity index (χ4v) is 4.06. The van der Waals surface area contributed by atoms with Crippen molar-refractivity contribution in [2.45, 2.75) is 40.2 Å². The van der Waals surface area contributed by atoms with Gasteiger partial charge in [0.05, 0.1) is 0 Å². The van der Waals surface area contributed by atoms with Crippen molar-refractivity contribution in [3.8, 4) is 0 Å². The zero-order valence-electron chi connectivity index (χ0n) is 14.3. The second-order valence-corrected chi connectivity index (χ2v) is 12.0. The van der Waals surface area contributed by atoms with Gasteiger partial charge in [-0.15, -0.1) is 0 Å². The molecule has 1 heterocycles. The summed E-state index contributed by atoms with van der Waals surface area (Å²) < 4.78 is 22.9. The predicted molar refractivity (Wildman–Crippen MR) is 98.6 cm³/mol. The van der Waals surface area contributed by atoms with Crippen LogP contribution in [-0.4, -0.2) is 41.3 Å². The number of thiazole rings is 1. The smallest absolute Gasteiger partial charge is 0.413 e. The van der Waals surface area contributed by atoms with Gasteiger partial charge in [-0.25, -0.2) is 14.6 Å². The molecule has 0 aliphatic heterocycles. The first-order chi connectivity index (χ1) is 11.0. The Kier molecular flexibility index (Phi) is 7.44. The highest BCUT2D eigenvalue weighted by Crippen LogP contribution is 2.44. The molecule has 0 aromatic carbocycles. The monoisotopic (exact) mass is 440 g/mol. The van der Waals surface area contributed by atoms with E-state index in [1.54, 1.807) is 34.6 Å². The van der Waals surface area contributed by atoms with Crippen LogP contribution in [0.15, 0.2) is 3.79 Å². The van der Waals surface area contributed by atoms with E-state index in [2.05, 4.69) is 26.2 Å². The molecule has 0 spiro atoms. The number of esters is 1. The van der Waals surface area contributed by atoms with E-state index < -0.39 is 24.8 Å². The van der Waals surface area contributed by atoms with Crippen LogP contribution < -0.4 is 5.32 Å². The molecule has 24 heavy (non-hydrogen) atoms. The molecular weight excluding hydrogens is 419 g/mol. The van der Waals surface area contributed by atoms with Gasteiger partial charge in [-0.2, -0.15) is 0 Å². The Labute approximate surface area is 154 Å². The minimum absolute atomic E-state index is 0.0322. The van der Waals surface area contributed by atoms with E-state index >= 15 is 0 Å². The van der Waals surface area contributed by atoms with Crippen LogP contribution in [0.4, 0.5) is 9.93 Å². The van der Waals surface area contributed by atoms with E-state index in [0.29, 0.717) is 16.1 Å². The van der Waals surface area contributed by atoms with Gasteiger partial charge in [0.2, 0.25) is 0 Å². The number of amides is 1. The molecule has 0 saturated heterocycles. The fraction of sp³-hybridized carbons (Fsp3) is 0.643. The van der Waals surface area contributed by atoms with Crippen molar-refractivity contribution in [1.82, 2.24) is 4.98 Å². The van der Waals surface area contributed by atoms with Gasteiger partial charge in [0, 0.05) is 12.3 Å². The van der Waals surface area contributed by atoms with E-state index in [0.717, 1.165) is 11.3 Å². The number of nitrogens with one attached hydrogen (secondary N) is 1. The molecule has 136 valence electrons. The molecule has 0 atom stereocenters. The predicted octanol–water partition coefficient (Wildman–Crippen LogP) is 4.77. The van der Waals surface area contributed by atoms with Crippen LogP contribution in [0.5, 0.6) is 0 Å². The van der Waals surface area contributed by atoms with Gasteiger partial charge < -0.3 is 14.0 Å². The van der Waals surface area contributed by atoms with Crippen LogP contribution in [0.3, 0.4) is 0 Å². The van der Waals surface area contributed by atoms with Gasteiger partial charge >= 0.3 is 12.1 Å². The lowest BCUT2D eigenvalue weighted by Crippen LogP contribution is -2.27. The molecule has 1 aromatic heterocycles. The normalized spacial score (nSPS) is 11.9. The van der Waals surface area contributed by atoms with Crippen molar-refractivity contribution in [3.63, 3.8) is 0 Å². The van der Waals surface area contributed by atoms with Crippen molar-refractivity contribution >= 4 is 51.6 Å². The molecule has 0 radical (unpaired) electrons. The third kappa shape index (κ3) is 6.53. The van der Waals surface area contributed by atoms with Gasteiger partial charge in [-0.05, 0) is 36.7 Å². The number of rotatable bonds is 6. The molecule has 0 bridgehead atoms. The van der Waals surface area contributed by atoms with Crippen LogP contribution in [0, 0.1) is 0 Å². The summed E-state index contributed by atoms with van der Waals surface area (Å²) in [6.07, 6.45) is 0.170. The number of anilines is 1. The van der Waals surface area contributed by atoms with Crippen molar-refractivity contribution in [1.29, 1.82) is 0 Å². The van der Waals surface area contributed by atoms with Gasteiger partial charge in [0.1, 0.15) is 22.9 Å². The van der Waals surface area contributed by atoms with Crippen LogP contribution >= 0.6 is 34.4 Å². The van der Waals surface area contributed by atoms with Crippen LogP contribution in [0.25, 0.3) is 0 Å². The van der Waals surface area contributed by atoms with E-state index in [1.807, 2.05) is 0 Å². The Morgan fingerprint density at radius 2 is 1.88 bits per heavy atom. The van der Waals surface area contributed by atoms with E-state index in [9.17, 15) is 14.2 Å². The average molecular weight is 441 g/mol. The minimum atomic E-state index is -2.48. The second kappa shape index (κ2) is 8.45. The number of aromatic nitrogens is 1. The lowest BCUT2D eigenvalue weighted by molar-refractivity contribution is 0.0560. The van der Waals surface area contributed by atoms with Crippen LogP contribution in [-0.2, 0) is 14.0 Å². The molecular formula is C14H22BrN2O5PS. The van der Waals surface area contributed by atoms with Crippen molar-refractivity contribution in [2.24, 2.45) is 0 Å². The second-order valence-electron chi connectivity index (χ2n) is 6.02. The fourth-order valence-electron chi connectivity index (χ4n) is 1.52. The Morgan fingerprint density at radius 1 is 1.29 bits per heavy atom. The average Bonchev–Trinajstić information content (AvgIpc) is 2.82. The quantitative estimate of drug-likeness (QED) is 0.505. The topological polar surface area (TPSA) is 94.6 Å². The highest BCUT2D eigenvalue weighted by molar-refractivity contribution is 9.11. The molecule has 10 heteroatoms. The standard InChI is InChI=1S/C14H22BrN2O5PS/c1-6-23(20,7-2)8-21-11(18)9-10(15)24-12(16-9)17-13(19)22-14(3,4)5/h6-8H2,1-5H3,(H,16,17,19). The first-order valence-corrected chi connectivity index (χ1v) is 11.3. The van der Waals surface area contributed by atoms with Crippen molar-refractivity contribution < 1.29 is 23.6 Å². The summed E-state index contributed by atoms with van der Waals surface area (Å²) in [5.41, 5.74) is -0.605. The zero-order valence-corrected chi connectivity index (χ0v) is 17.6. The Morgan fingerprint density at radius 3 is 2.38 bits per heavy atom. The molecule has 7 nitrogen and oxygen atoms in total. The highest BCUT2D eigenvalue weighted by Gasteiger charge is 2.24. The molecule has 0 fully saturated rings. The molecule has 0 saturated carbocycles. The van der Waals surface area contributed by atoms with E-state index in [1.165, 1.54) is 0 Å². The van der Waals surface area contributed by atoms with E-state index in [4.69, 9.17) is 9.47 Å². The van der Waals surface area contributed by atoms with E-state index in [-0.39, 0.29) is 17.2 Å². The number of hydrogen-bond acceptors (Lipinski definition) is 7. The number of halogens is 1. The molecule has 1 amide bonds. The SMILES string of the molecule is CCP(=O)(CC)COC(=O)c1nc(NC(=O)OC(C)(C)C)sc1Br. The molecule has 0 unspecified atom stereocenters. The molecule has 1 N–H and O–H groups in total. The third-order valence-corrected chi connectivity index (χ3v) is 7.50. The number of hydrogen-bond donors (Lipinski definition) is 1. The Hall–Kier alpha value is -0.920. The first kappa shape index (κ1) is 21.1. The summed E-state index contributed by atoms with van der Waals surface area (Å²) in [5.74, 6) is -0.683. The van der Waals surface area contributed by atoms with Crippen molar-refractivity contribution in [3.05, 3.63) is 9.48 Å². The lowest BCUT2D eigenvalue weighted by Gasteiger charge is -2.18. The number of ether oxygens (including phenoxy) is 2. The zero-order chi connectivity index (χ0) is 18.5. The van der Waals surface area contributed by atoms with Gasteiger partial charge in [-0.3, -0.25) is 5.32 Å². The lowest BCUT2D eigenvalue weighted by atomic mass is 10.2. The number of nitrogens with zero attached hydrogens (tertiary/aromatic N) is 1. The summed E-state index contributed by atoms with van der Waals surface area (Å²) in [4.78, 5) is 27.8. The summed E-state index contributed by atoms with van der Waals surface area (Å²) >= 11 is 4.28. The molecule has 0 aliphatic carbocycles. The van der Waals surface area contributed by atoms with Gasteiger partial charge in [-0.1, -0.05) is 25.2 Å². The van der Waals surface area contributed by atoms with Gasteiger partial charge in [0.15, 0.2) is 10.8 Å². The number of carbonyl (C=O) groups is 2. The highest BCUT2D eigenvalue weighted by atomic mass is 79.9. The summed E-state index contributed by atoms with van der Waals surface area (Å²) in [7, 11) is -2.48. The maximum Gasteiger partial charge on any atom is 0.413 e. The van der Waals surface area contributed by atoms with Crippen molar-refractivity contribution in [2.75, 3.05) is 24.0 Å². The van der Waals surface area contributed by atoms with Crippen LogP contribution in [0.1, 0.15) is 45.1 Å². The molecule has 0 aliphatic rings. The minimum Gasteiger partial charge on any atom is -0.453 e. The summed E-state index contributed by atoms with van der Waals surface area (Å²) in [5, 5.41) is 2.67. The van der Waals surface area contributed by atoms with Gasteiger partial charge in [0.25, 0.3) is 0 Å².